The monoisotopic (exact) mass is 106 g/mol. The van der Waals surface area contributed by atoms with Crippen LogP contribution in [0.5, 0.6) is 0 Å². The van der Waals surface area contributed by atoms with Gasteiger partial charge in [-0.15, -0.1) is 0 Å². The predicted molar refractivity (Wildman–Crippen MR) is 21.6 cm³/mol. The first-order valence-corrected chi connectivity index (χ1v) is 1.54. The van der Waals surface area contributed by atoms with Gasteiger partial charge in [0.05, 0.1) is 6.26 Å². The number of hydrogen-bond acceptors (Lipinski definition) is 1. The third-order valence-corrected chi connectivity index (χ3v) is 0.282. The van der Waals surface area contributed by atoms with E-state index in [-0.39, 0.29) is 6.33 Å². The average Bonchev–Trinajstić information content (AvgIpc) is 1.68. The molecule has 0 saturated heterocycles. The molecule has 3 heteroatoms. The van der Waals surface area contributed by atoms with Crippen molar-refractivity contribution in [3.63, 3.8) is 0 Å². The van der Waals surface area contributed by atoms with Crippen LogP contribution in [-0.4, -0.2) is 0 Å². The van der Waals surface area contributed by atoms with E-state index in [0.717, 1.165) is 6.26 Å². The molecule has 0 aliphatic rings. The fraction of sp³-hybridized carbons (Fsp3) is 0. The first-order valence-electron chi connectivity index (χ1n) is 1.54. The van der Waals surface area contributed by atoms with E-state index in [1.165, 1.54) is 0 Å². The molecule has 0 unspecified atom stereocenters. The smallest absolute Gasteiger partial charge is 0.306 e. The SMILES string of the molecule is C=COC(F)=CF. The summed E-state index contributed by atoms with van der Waals surface area (Å²) in [4.78, 5) is 0. The molecule has 40 valence electrons. The summed E-state index contributed by atoms with van der Waals surface area (Å²) in [6.07, 6.45) is 0.507. The maximum Gasteiger partial charge on any atom is 0.306 e. The highest BCUT2D eigenvalue weighted by Crippen LogP contribution is 1.96. The zero-order chi connectivity index (χ0) is 5.70. The Morgan fingerprint density at radius 3 is 2.43 bits per heavy atom. The lowest BCUT2D eigenvalue weighted by Gasteiger charge is -1.86. The van der Waals surface area contributed by atoms with Crippen LogP contribution in [0.4, 0.5) is 8.78 Å². The fourth-order valence-corrected chi connectivity index (χ4v) is 0.105. The standard InChI is InChI=1S/C4H4F2O/c1-2-7-4(6)3-5/h2-3H,1H2. The predicted octanol–water partition coefficient (Wildman–Crippen LogP) is 1.88. The maximum atomic E-state index is 11.3. The Hall–Kier alpha value is -0.860. The normalized spacial score (nSPS) is 10.9. The quantitative estimate of drug-likeness (QED) is 0.488. The number of halogens is 2. The summed E-state index contributed by atoms with van der Waals surface area (Å²) >= 11 is 0. The number of ether oxygens (including phenoxy) is 1. The van der Waals surface area contributed by atoms with Gasteiger partial charge in [0, 0.05) is 0 Å². The van der Waals surface area contributed by atoms with E-state index >= 15 is 0 Å². The zero-order valence-electron chi connectivity index (χ0n) is 3.53. The van der Waals surface area contributed by atoms with Crippen molar-refractivity contribution < 1.29 is 13.5 Å². The second-order valence-corrected chi connectivity index (χ2v) is 0.698. The van der Waals surface area contributed by atoms with E-state index in [4.69, 9.17) is 0 Å². The van der Waals surface area contributed by atoms with Gasteiger partial charge in [0.15, 0.2) is 6.33 Å². The molecule has 0 N–H and O–H groups in total. The minimum absolute atomic E-state index is 0.290. The molecule has 0 aliphatic carbocycles. The van der Waals surface area contributed by atoms with E-state index in [1.807, 2.05) is 0 Å². The van der Waals surface area contributed by atoms with E-state index in [2.05, 4.69) is 11.3 Å². The lowest BCUT2D eigenvalue weighted by molar-refractivity contribution is 0.238. The van der Waals surface area contributed by atoms with Gasteiger partial charge in [-0.05, 0) is 0 Å². The Balaban J connectivity index is 3.36. The van der Waals surface area contributed by atoms with Crippen molar-refractivity contribution in [2.45, 2.75) is 0 Å². The minimum atomic E-state index is -1.28. The fourth-order valence-electron chi connectivity index (χ4n) is 0.105. The summed E-state index contributed by atoms with van der Waals surface area (Å²) in [5.41, 5.74) is 0. The second kappa shape index (κ2) is 3.33. The zero-order valence-corrected chi connectivity index (χ0v) is 3.53. The van der Waals surface area contributed by atoms with Crippen LogP contribution in [0.3, 0.4) is 0 Å². The molecule has 0 atom stereocenters. The first kappa shape index (κ1) is 6.14. The molecule has 0 radical (unpaired) electrons. The van der Waals surface area contributed by atoms with Crippen LogP contribution < -0.4 is 0 Å². The van der Waals surface area contributed by atoms with E-state index in [1.54, 1.807) is 0 Å². The molecule has 0 aromatic rings. The molecular weight excluding hydrogens is 102 g/mol. The van der Waals surface area contributed by atoms with Gasteiger partial charge in [-0.3, -0.25) is 0 Å². The molecule has 0 saturated carbocycles. The first-order chi connectivity index (χ1) is 3.31. The number of rotatable bonds is 2. The lowest BCUT2D eigenvalue weighted by atomic mass is 11.0. The maximum absolute atomic E-state index is 11.3. The summed E-state index contributed by atoms with van der Waals surface area (Å²) in [7, 11) is 0. The molecule has 0 bridgehead atoms. The highest BCUT2D eigenvalue weighted by Gasteiger charge is 1.85. The van der Waals surface area contributed by atoms with Crippen molar-refractivity contribution in [3.8, 4) is 0 Å². The van der Waals surface area contributed by atoms with Gasteiger partial charge < -0.3 is 4.74 Å². The summed E-state index contributed by atoms with van der Waals surface area (Å²) < 4.78 is 26.0. The van der Waals surface area contributed by atoms with Crippen molar-refractivity contribution in [1.29, 1.82) is 0 Å². The van der Waals surface area contributed by atoms with Gasteiger partial charge in [-0.25, -0.2) is 4.39 Å². The Morgan fingerprint density at radius 1 is 1.71 bits per heavy atom. The third-order valence-electron chi connectivity index (χ3n) is 0.282. The topological polar surface area (TPSA) is 9.23 Å². The van der Waals surface area contributed by atoms with Gasteiger partial charge >= 0.3 is 6.01 Å². The van der Waals surface area contributed by atoms with E-state index in [9.17, 15) is 8.78 Å². The van der Waals surface area contributed by atoms with Gasteiger partial charge in [0.2, 0.25) is 0 Å². The van der Waals surface area contributed by atoms with Crippen LogP contribution in [0.1, 0.15) is 0 Å². The Kier molecular flexibility index (Phi) is 2.92. The Labute approximate surface area is 39.9 Å². The Bertz CT molecular complexity index is 87.7. The van der Waals surface area contributed by atoms with Crippen molar-refractivity contribution in [1.82, 2.24) is 0 Å². The third kappa shape index (κ3) is 2.96. The average molecular weight is 106 g/mol. The minimum Gasteiger partial charge on any atom is -0.439 e. The van der Waals surface area contributed by atoms with Gasteiger partial charge in [-0.2, -0.15) is 4.39 Å². The number of hydrogen-bond donors (Lipinski definition) is 0. The van der Waals surface area contributed by atoms with Crippen LogP contribution >= 0.6 is 0 Å². The van der Waals surface area contributed by atoms with Crippen molar-refractivity contribution in [2.24, 2.45) is 0 Å². The molecule has 0 fully saturated rings. The largest absolute Gasteiger partial charge is 0.439 e. The molecule has 0 aliphatic heterocycles. The van der Waals surface area contributed by atoms with Crippen LogP contribution in [-0.2, 0) is 4.74 Å². The molecular formula is C4H4F2O. The lowest BCUT2D eigenvalue weighted by Crippen LogP contribution is -1.69. The van der Waals surface area contributed by atoms with Crippen molar-refractivity contribution in [3.05, 3.63) is 25.2 Å². The molecule has 7 heavy (non-hydrogen) atoms. The molecule has 0 aromatic carbocycles. The van der Waals surface area contributed by atoms with E-state index in [0.29, 0.717) is 0 Å². The van der Waals surface area contributed by atoms with Crippen molar-refractivity contribution in [2.75, 3.05) is 0 Å². The van der Waals surface area contributed by atoms with Crippen LogP contribution in [0.15, 0.2) is 25.2 Å². The molecule has 0 amide bonds. The molecule has 0 aromatic heterocycles. The molecule has 0 rings (SSSR count). The summed E-state index contributed by atoms with van der Waals surface area (Å²) in [5, 5.41) is 0. The van der Waals surface area contributed by atoms with Gasteiger partial charge in [0.1, 0.15) is 0 Å². The van der Waals surface area contributed by atoms with Crippen LogP contribution in [0.25, 0.3) is 0 Å². The summed E-state index contributed by atoms with van der Waals surface area (Å²) in [5.74, 6) is 0. The summed E-state index contributed by atoms with van der Waals surface area (Å²) in [6.45, 7) is 2.98. The highest BCUT2D eigenvalue weighted by molar-refractivity contribution is 4.74. The van der Waals surface area contributed by atoms with Crippen LogP contribution in [0, 0.1) is 0 Å². The summed E-state index contributed by atoms with van der Waals surface area (Å²) in [6, 6.07) is -1.28. The molecule has 0 spiro atoms. The van der Waals surface area contributed by atoms with Gasteiger partial charge in [-0.1, -0.05) is 6.58 Å². The van der Waals surface area contributed by atoms with Crippen LogP contribution in [0.2, 0.25) is 0 Å². The molecule has 0 heterocycles. The second-order valence-electron chi connectivity index (χ2n) is 0.698. The molecule has 1 nitrogen and oxygen atoms in total. The van der Waals surface area contributed by atoms with Gasteiger partial charge in [0.25, 0.3) is 0 Å². The van der Waals surface area contributed by atoms with Crippen molar-refractivity contribution >= 4 is 0 Å². The Morgan fingerprint density at radius 2 is 2.29 bits per heavy atom. The highest BCUT2D eigenvalue weighted by atomic mass is 19.2. The van der Waals surface area contributed by atoms with E-state index < -0.39 is 6.01 Å².